The third kappa shape index (κ3) is 4.00. The maximum Gasteiger partial charge on any atom is 0.290 e. The van der Waals surface area contributed by atoms with Gasteiger partial charge in [0.15, 0.2) is 5.82 Å². The number of hydrogen-bond acceptors (Lipinski definition) is 5. The Bertz CT molecular complexity index is 695. The van der Waals surface area contributed by atoms with Gasteiger partial charge >= 0.3 is 0 Å². The molecule has 1 saturated heterocycles. The van der Waals surface area contributed by atoms with Crippen LogP contribution in [0.1, 0.15) is 25.0 Å². The fourth-order valence-electron chi connectivity index (χ4n) is 2.85. The molecule has 23 heavy (non-hydrogen) atoms. The summed E-state index contributed by atoms with van der Waals surface area (Å²) in [5, 5.41) is 3.04. The summed E-state index contributed by atoms with van der Waals surface area (Å²) < 4.78 is 5.23. The van der Waals surface area contributed by atoms with Crippen LogP contribution in [-0.4, -0.2) is 35.0 Å². The van der Waals surface area contributed by atoms with E-state index < -0.39 is 0 Å². The summed E-state index contributed by atoms with van der Waals surface area (Å²) in [6.07, 6.45) is 7.51. The standard InChI is InChI=1S/C16H20N4O3/c21-14(6-5-13-4-2-10-23-13)19-12-3-1-9-20(11-12)15-16(22)18-8-7-17-15/h2,4,7-8,10,12H,1,3,5-6,9,11H2,(H,18,22)(H,19,21). The maximum absolute atomic E-state index is 12.1. The van der Waals surface area contributed by atoms with Crippen molar-refractivity contribution in [3.8, 4) is 0 Å². The minimum atomic E-state index is -0.197. The molecule has 0 aromatic carbocycles. The van der Waals surface area contributed by atoms with Crippen LogP contribution in [0.5, 0.6) is 0 Å². The van der Waals surface area contributed by atoms with Crippen LogP contribution in [0.15, 0.2) is 40.0 Å². The van der Waals surface area contributed by atoms with Gasteiger partial charge in [-0.3, -0.25) is 9.59 Å². The number of nitrogens with zero attached hydrogens (tertiary/aromatic N) is 2. The Morgan fingerprint density at radius 1 is 1.52 bits per heavy atom. The molecule has 3 heterocycles. The molecule has 0 radical (unpaired) electrons. The molecule has 0 spiro atoms. The van der Waals surface area contributed by atoms with Crippen LogP contribution >= 0.6 is 0 Å². The van der Waals surface area contributed by atoms with Crippen molar-refractivity contribution < 1.29 is 9.21 Å². The number of furan rings is 1. The smallest absolute Gasteiger partial charge is 0.290 e. The molecule has 0 saturated carbocycles. The number of hydrogen-bond donors (Lipinski definition) is 2. The number of H-pyrrole nitrogens is 1. The molecular formula is C16H20N4O3. The third-order valence-electron chi connectivity index (χ3n) is 3.95. The first-order valence-corrected chi connectivity index (χ1v) is 7.83. The highest BCUT2D eigenvalue weighted by molar-refractivity contribution is 5.76. The number of amides is 1. The van der Waals surface area contributed by atoms with Crippen molar-refractivity contribution in [2.45, 2.75) is 31.7 Å². The highest BCUT2D eigenvalue weighted by Gasteiger charge is 2.23. The Kier molecular flexibility index (Phi) is 4.75. The van der Waals surface area contributed by atoms with Gasteiger partial charge in [-0.25, -0.2) is 4.98 Å². The molecule has 1 atom stereocenters. The lowest BCUT2D eigenvalue weighted by atomic mass is 10.1. The molecule has 0 bridgehead atoms. The number of aromatic amines is 1. The molecule has 7 heteroatoms. The number of nitrogens with one attached hydrogen (secondary N) is 2. The quantitative estimate of drug-likeness (QED) is 0.861. The van der Waals surface area contributed by atoms with Gasteiger partial charge in [0.05, 0.1) is 6.26 Å². The van der Waals surface area contributed by atoms with Crippen LogP contribution in [-0.2, 0) is 11.2 Å². The van der Waals surface area contributed by atoms with E-state index in [9.17, 15) is 9.59 Å². The molecule has 1 unspecified atom stereocenters. The van der Waals surface area contributed by atoms with Gasteiger partial charge < -0.3 is 19.6 Å². The fraction of sp³-hybridized carbons (Fsp3) is 0.438. The van der Waals surface area contributed by atoms with Crippen molar-refractivity contribution >= 4 is 11.7 Å². The number of rotatable bonds is 5. The first-order valence-electron chi connectivity index (χ1n) is 7.83. The van der Waals surface area contributed by atoms with E-state index in [-0.39, 0.29) is 17.5 Å². The first kappa shape index (κ1) is 15.3. The van der Waals surface area contributed by atoms with Gasteiger partial charge in [-0.2, -0.15) is 0 Å². The molecule has 1 fully saturated rings. The monoisotopic (exact) mass is 316 g/mol. The fourth-order valence-corrected chi connectivity index (χ4v) is 2.85. The Labute approximate surface area is 133 Å². The molecule has 2 aromatic heterocycles. The number of aromatic nitrogens is 2. The minimum Gasteiger partial charge on any atom is -0.469 e. The number of aryl methyl sites for hydroxylation is 1. The van der Waals surface area contributed by atoms with Crippen LogP contribution in [0.2, 0.25) is 0 Å². The summed E-state index contributed by atoms with van der Waals surface area (Å²) in [5.74, 6) is 1.23. The average Bonchev–Trinajstić information content (AvgIpc) is 3.07. The SMILES string of the molecule is O=C(CCc1ccco1)NC1CCCN(c2ncc[nH]c2=O)C1. The number of carbonyl (C=O) groups is 1. The highest BCUT2D eigenvalue weighted by atomic mass is 16.3. The molecule has 2 aromatic rings. The molecular weight excluding hydrogens is 296 g/mol. The number of carbonyl (C=O) groups excluding carboxylic acids is 1. The summed E-state index contributed by atoms with van der Waals surface area (Å²) in [5.41, 5.74) is -0.197. The van der Waals surface area contributed by atoms with Crippen molar-refractivity contribution in [1.82, 2.24) is 15.3 Å². The molecule has 2 N–H and O–H groups in total. The van der Waals surface area contributed by atoms with Crippen LogP contribution in [0.3, 0.4) is 0 Å². The summed E-state index contributed by atoms with van der Waals surface area (Å²) in [4.78, 5) is 32.6. The predicted octanol–water partition coefficient (Wildman–Crippen LogP) is 1.08. The Hall–Kier alpha value is -2.57. The zero-order chi connectivity index (χ0) is 16.1. The zero-order valence-corrected chi connectivity index (χ0v) is 12.8. The lowest BCUT2D eigenvalue weighted by Crippen LogP contribution is -2.49. The van der Waals surface area contributed by atoms with E-state index in [1.807, 2.05) is 17.0 Å². The molecule has 1 aliphatic rings. The summed E-state index contributed by atoms with van der Waals surface area (Å²) in [7, 11) is 0. The predicted molar refractivity (Wildman–Crippen MR) is 85.3 cm³/mol. The Morgan fingerprint density at radius 2 is 2.43 bits per heavy atom. The lowest BCUT2D eigenvalue weighted by molar-refractivity contribution is -0.121. The van der Waals surface area contributed by atoms with Gasteiger partial charge in [0, 0.05) is 44.4 Å². The highest BCUT2D eigenvalue weighted by Crippen LogP contribution is 2.14. The number of piperidine rings is 1. The first-order chi connectivity index (χ1) is 11.2. The van der Waals surface area contributed by atoms with Crippen molar-refractivity contribution in [3.63, 3.8) is 0 Å². The zero-order valence-electron chi connectivity index (χ0n) is 12.8. The Balaban J connectivity index is 1.53. The molecule has 1 aliphatic heterocycles. The van der Waals surface area contributed by atoms with Crippen molar-refractivity contribution in [2.75, 3.05) is 18.0 Å². The minimum absolute atomic E-state index is 0.00294. The summed E-state index contributed by atoms with van der Waals surface area (Å²) >= 11 is 0. The second-order valence-corrected chi connectivity index (χ2v) is 5.67. The molecule has 1 amide bonds. The van der Waals surface area contributed by atoms with E-state index in [1.165, 1.54) is 6.20 Å². The normalized spacial score (nSPS) is 17.9. The second kappa shape index (κ2) is 7.13. The molecule has 122 valence electrons. The molecule has 7 nitrogen and oxygen atoms in total. The van der Waals surface area contributed by atoms with E-state index in [0.29, 0.717) is 25.2 Å². The van der Waals surface area contributed by atoms with Gasteiger partial charge in [-0.05, 0) is 25.0 Å². The third-order valence-corrected chi connectivity index (χ3v) is 3.95. The van der Waals surface area contributed by atoms with Crippen molar-refractivity contribution in [1.29, 1.82) is 0 Å². The van der Waals surface area contributed by atoms with Gasteiger partial charge in [0.1, 0.15) is 5.76 Å². The topological polar surface area (TPSA) is 91.2 Å². The van der Waals surface area contributed by atoms with Crippen LogP contribution in [0, 0.1) is 0 Å². The van der Waals surface area contributed by atoms with Gasteiger partial charge in [0.2, 0.25) is 5.91 Å². The summed E-state index contributed by atoms with van der Waals surface area (Å²) in [6.45, 7) is 1.38. The van der Waals surface area contributed by atoms with Gasteiger partial charge in [-0.15, -0.1) is 0 Å². The van der Waals surface area contributed by atoms with Crippen LogP contribution < -0.4 is 15.8 Å². The Morgan fingerprint density at radius 3 is 3.22 bits per heavy atom. The summed E-state index contributed by atoms with van der Waals surface area (Å²) in [6, 6.07) is 3.72. The van der Waals surface area contributed by atoms with Crippen molar-refractivity contribution in [3.05, 3.63) is 46.9 Å². The maximum atomic E-state index is 12.1. The average molecular weight is 316 g/mol. The van der Waals surface area contributed by atoms with E-state index in [2.05, 4.69) is 15.3 Å². The van der Waals surface area contributed by atoms with Gasteiger partial charge in [0.25, 0.3) is 5.56 Å². The largest absolute Gasteiger partial charge is 0.469 e. The molecule has 3 rings (SSSR count). The number of anilines is 1. The van der Waals surface area contributed by atoms with E-state index in [0.717, 1.165) is 25.1 Å². The van der Waals surface area contributed by atoms with E-state index in [4.69, 9.17) is 4.42 Å². The lowest BCUT2D eigenvalue weighted by Gasteiger charge is -2.33. The van der Waals surface area contributed by atoms with E-state index >= 15 is 0 Å². The van der Waals surface area contributed by atoms with E-state index in [1.54, 1.807) is 12.5 Å². The van der Waals surface area contributed by atoms with Crippen molar-refractivity contribution in [2.24, 2.45) is 0 Å². The van der Waals surface area contributed by atoms with Crippen LogP contribution in [0.4, 0.5) is 5.82 Å². The molecule has 0 aliphatic carbocycles. The van der Waals surface area contributed by atoms with Gasteiger partial charge in [-0.1, -0.05) is 0 Å². The van der Waals surface area contributed by atoms with Crippen LogP contribution in [0.25, 0.3) is 0 Å². The second-order valence-electron chi connectivity index (χ2n) is 5.67.